The Bertz CT molecular complexity index is 219. The normalized spacial score (nSPS) is 28.4. The van der Waals surface area contributed by atoms with Gasteiger partial charge in [0.1, 0.15) is 0 Å². The third-order valence-corrected chi connectivity index (χ3v) is 5.98. The standard InChI is InChI=1S/C16H31BOS/c1-3-5-12-16(13-19-4-2)18-17-14-8-6-9-15(17)11-7-10-14/h14-16H,3-13H2,1-2H3. The van der Waals surface area contributed by atoms with Crippen LogP contribution in [0.3, 0.4) is 0 Å². The summed E-state index contributed by atoms with van der Waals surface area (Å²) in [5.74, 6) is 4.22. The van der Waals surface area contributed by atoms with E-state index in [2.05, 4.69) is 25.6 Å². The lowest BCUT2D eigenvalue weighted by Crippen LogP contribution is -2.40. The minimum Gasteiger partial charge on any atom is -0.432 e. The fraction of sp³-hybridized carbons (Fsp3) is 1.00. The smallest absolute Gasteiger partial charge is 0.299 e. The van der Waals surface area contributed by atoms with Crippen LogP contribution >= 0.6 is 11.8 Å². The molecule has 0 aromatic heterocycles. The molecular weight excluding hydrogens is 251 g/mol. The Morgan fingerprint density at radius 2 is 1.74 bits per heavy atom. The molecule has 3 heteroatoms. The molecule has 0 radical (unpaired) electrons. The number of hydrogen-bond donors (Lipinski definition) is 0. The van der Waals surface area contributed by atoms with Crippen LogP contribution in [0.1, 0.15) is 71.6 Å². The molecule has 0 aliphatic carbocycles. The van der Waals surface area contributed by atoms with Crippen LogP contribution in [0.2, 0.25) is 11.6 Å². The third-order valence-electron chi connectivity index (χ3n) is 4.97. The lowest BCUT2D eigenvalue weighted by atomic mass is 9.38. The number of unbranched alkanes of at least 4 members (excludes halogenated alkanes) is 1. The van der Waals surface area contributed by atoms with Crippen molar-refractivity contribution in [3.63, 3.8) is 0 Å². The third kappa shape index (κ3) is 4.70. The van der Waals surface area contributed by atoms with Crippen molar-refractivity contribution in [2.45, 2.75) is 89.4 Å². The zero-order chi connectivity index (χ0) is 13.5. The molecule has 1 nitrogen and oxygen atoms in total. The maximum absolute atomic E-state index is 6.64. The van der Waals surface area contributed by atoms with Gasteiger partial charge in [-0.2, -0.15) is 11.8 Å². The molecule has 110 valence electrons. The van der Waals surface area contributed by atoms with Gasteiger partial charge in [-0.1, -0.05) is 65.2 Å². The molecule has 19 heavy (non-hydrogen) atoms. The molecule has 2 saturated heterocycles. The van der Waals surface area contributed by atoms with Crippen molar-refractivity contribution in [3.05, 3.63) is 0 Å². The van der Waals surface area contributed by atoms with E-state index in [0.29, 0.717) is 13.0 Å². The van der Waals surface area contributed by atoms with Gasteiger partial charge in [0, 0.05) is 11.9 Å². The molecule has 2 aliphatic heterocycles. The second-order valence-corrected chi connectivity index (χ2v) is 7.73. The lowest BCUT2D eigenvalue weighted by Gasteiger charge is -2.41. The fourth-order valence-electron chi connectivity index (χ4n) is 3.93. The topological polar surface area (TPSA) is 9.23 Å². The zero-order valence-corrected chi connectivity index (χ0v) is 13.7. The van der Waals surface area contributed by atoms with Crippen molar-refractivity contribution in [3.8, 4) is 0 Å². The van der Waals surface area contributed by atoms with Crippen LogP contribution in [0.15, 0.2) is 0 Å². The summed E-state index contributed by atoms with van der Waals surface area (Å²) in [6, 6.07) is 0. The predicted octanol–water partition coefficient (Wildman–Crippen LogP) is 5.41. The Labute approximate surface area is 124 Å². The van der Waals surface area contributed by atoms with Crippen molar-refractivity contribution in [1.29, 1.82) is 0 Å². The van der Waals surface area contributed by atoms with E-state index < -0.39 is 0 Å². The van der Waals surface area contributed by atoms with Crippen molar-refractivity contribution in [2.75, 3.05) is 11.5 Å². The van der Waals surface area contributed by atoms with E-state index >= 15 is 0 Å². The van der Waals surface area contributed by atoms with E-state index in [-0.39, 0.29) is 0 Å². The van der Waals surface area contributed by atoms with Gasteiger partial charge >= 0.3 is 0 Å². The van der Waals surface area contributed by atoms with Gasteiger partial charge in [0.25, 0.3) is 6.92 Å². The van der Waals surface area contributed by atoms with E-state index in [9.17, 15) is 0 Å². The van der Waals surface area contributed by atoms with Crippen LogP contribution < -0.4 is 0 Å². The molecule has 0 aromatic carbocycles. The number of hydrogen-bond acceptors (Lipinski definition) is 2. The molecule has 2 rings (SSSR count). The predicted molar refractivity (Wildman–Crippen MR) is 88.4 cm³/mol. The molecule has 1 atom stereocenters. The highest BCUT2D eigenvalue weighted by Crippen LogP contribution is 2.47. The highest BCUT2D eigenvalue weighted by molar-refractivity contribution is 7.99. The summed E-state index contributed by atoms with van der Waals surface area (Å²) in [7, 11) is 0. The molecule has 2 bridgehead atoms. The van der Waals surface area contributed by atoms with Crippen LogP contribution in [0.5, 0.6) is 0 Å². The summed E-state index contributed by atoms with van der Waals surface area (Å²) in [6.45, 7) is 5.16. The van der Waals surface area contributed by atoms with Gasteiger partial charge in [0.05, 0.1) is 0 Å². The van der Waals surface area contributed by atoms with E-state index in [4.69, 9.17) is 4.65 Å². The van der Waals surface area contributed by atoms with Crippen LogP contribution in [0.4, 0.5) is 0 Å². The zero-order valence-electron chi connectivity index (χ0n) is 12.9. The molecule has 0 spiro atoms. The number of rotatable bonds is 8. The maximum Gasteiger partial charge on any atom is 0.299 e. The Balaban J connectivity index is 1.86. The summed E-state index contributed by atoms with van der Waals surface area (Å²) in [6.07, 6.45) is 13.1. The van der Waals surface area contributed by atoms with E-state index in [1.165, 1.54) is 69.3 Å². The van der Waals surface area contributed by atoms with Crippen LogP contribution in [-0.2, 0) is 4.65 Å². The van der Waals surface area contributed by atoms with Gasteiger partial charge in [-0.05, 0) is 23.8 Å². The molecule has 0 amide bonds. The van der Waals surface area contributed by atoms with Gasteiger partial charge in [-0.25, -0.2) is 0 Å². The molecule has 2 fully saturated rings. The fourth-order valence-corrected chi connectivity index (χ4v) is 4.68. The van der Waals surface area contributed by atoms with E-state index in [0.717, 1.165) is 11.6 Å². The van der Waals surface area contributed by atoms with Crippen molar-refractivity contribution < 1.29 is 4.65 Å². The Morgan fingerprint density at radius 3 is 2.26 bits per heavy atom. The van der Waals surface area contributed by atoms with Crippen molar-refractivity contribution in [2.24, 2.45) is 0 Å². The molecule has 0 aromatic rings. The molecular formula is C16H31BOS. The second-order valence-electron chi connectivity index (χ2n) is 6.41. The minimum atomic E-state index is 0.524. The molecule has 0 saturated carbocycles. The summed E-state index contributed by atoms with van der Waals surface area (Å²) in [5, 5.41) is 0. The highest BCUT2D eigenvalue weighted by atomic mass is 32.2. The average Bonchev–Trinajstić information content (AvgIpc) is 2.41. The molecule has 1 unspecified atom stereocenters. The molecule has 2 heterocycles. The molecule has 2 aliphatic rings. The van der Waals surface area contributed by atoms with Gasteiger partial charge in [0.2, 0.25) is 0 Å². The summed E-state index contributed by atoms with van der Waals surface area (Å²) >= 11 is 2.06. The lowest BCUT2D eigenvalue weighted by molar-refractivity contribution is 0.185. The maximum atomic E-state index is 6.64. The van der Waals surface area contributed by atoms with Gasteiger partial charge < -0.3 is 4.65 Å². The van der Waals surface area contributed by atoms with Gasteiger partial charge in [0.15, 0.2) is 0 Å². The number of fused-ring (bicyclic) bond motifs is 2. The Morgan fingerprint density at radius 1 is 1.11 bits per heavy atom. The highest BCUT2D eigenvalue weighted by Gasteiger charge is 2.42. The second kappa shape index (κ2) is 8.62. The average molecular weight is 282 g/mol. The summed E-state index contributed by atoms with van der Waals surface area (Å²) < 4.78 is 6.64. The Kier molecular flexibility index (Phi) is 7.15. The first kappa shape index (κ1) is 15.8. The largest absolute Gasteiger partial charge is 0.432 e. The Hall–Kier alpha value is 0.375. The summed E-state index contributed by atoms with van der Waals surface area (Å²) in [5.41, 5.74) is 0. The summed E-state index contributed by atoms with van der Waals surface area (Å²) in [4.78, 5) is 0. The van der Waals surface area contributed by atoms with Crippen LogP contribution in [0, 0.1) is 0 Å². The first-order chi connectivity index (χ1) is 9.35. The van der Waals surface area contributed by atoms with Crippen molar-refractivity contribution in [1.82, 2.24) is 0 Å². The van der Waals surface area contributed by atoms with Gasteiger partial charge in [-0.3, -0.25) is 0 Å². The molecule has 0 N–H and O–H groups in total. The number of thioether (sulfide) groups is 1. The van der Waals surface area contributed by atoms with Crippen LogP contribution in [0.25, 0.3) is 0 Å². The van der Waals surface area contributed by atoms with E-state index in [1.807, 2.05) is 0 Å². The van der Waals surface area contributed by atoms with Crippen molar-refractivity contribution >= 4 is 18.7 Å². The quantitative estimate of drug-likeness (QED) is 0.550. The first-order valence-corrected chi connectivity index (χ1v) is 9.73. The monoisotopic (exact) mass is 282 g/mol. The SMILES string of the molecule is CCCCC(CSCC)OB1C2CCCC1CCC2. The van der Waals surface area contributed by atoms with Gasteiger partial charge in [-0.15, -0.1) is 0 Å². The van der Waals surface area contributed by atoms with E-state index in [1.54, 1.807) is 0 Å². The van der Waals surface area contributed by atoms with Crippen LogP contribution in [-0.4, -0.2) is 24.5 Å². The first-order valence-electron chi connectivity index (χ1n) is 8.58. The minimum absolute atomic E-state index is 0.524.